The normalized spacial score (nSPS) is 11.1. The number of rotatable bonds is 12. The lowest BCUT2D eigenvalue weighted by atomic mass is 10.1. The highest BCUT2D eigenvalue weighted by molar-refractivity contribution is 5.67. The van der Waals surface area contributed by atoms with Gasteiger partial charge in [-0.25, -0.2) is 4.79 Å². The minimum atomic E-state index is -0.389. The molecule has 3 nitrogen and oxygen atoms in total. The molecule has 0 aromatic carbocycles. The van der Waals surface area contributed by atoms with Crippen LogP contribution in [-0.4, -0.2) is 18.7 Å². The fourth-order valence-corrected chi connectivity index (χ4v) is 2.30. The van der Waals surface area contributed by atoms with Gasteiger partial charge in [-0.15, -0.1) is 0 Å². The van der Waals surface area contributed by atoms with E-state index in [0.717, 1.165) is 0 Å². The standard InChI is InChI=1S/C16H32.C6H13NO2/c1-3-5-7-9-11-13-15-16-14-12-10-8-6-4-2;1-6(2,3)9-5(8)7-4/h15-16H,3-14H2,1-2H3;1-4H3,(H,7,8)/b16-15-;. The van der Waals surface area contributed by atoms with Gasteiger partial charge in [-0.05, 0) is 46.5 Å². The van der Waals surface area contributed by atoms with Crippen molar-refractivity contribution in [2.75, 3.05) is 7.05 Å². The fraction of sp³-hybridized carbons (Fsp3) is 0.864. The van der Waals surface area contributed by atoms with E-state index < -0.39 is 0 Å². The molecule has 0 radical (unpaired) electrons. The average molecular weight is 356 g/mol. The van der Waals surface area contributed by atoms with Crippen molar-refractivity contribution >= 4 is 6.09 Å². The van der Waals surface area contributed by atoms with Gasteiger partial charge in [0.25, 0.3) is 0 Å². The Morgan fingerprint density at radius 2 is 1.20 bits per heavy atom. The van der Waals surface area contributed by atoms with Crippen LogP contribution >= 0.6 is 0 Å². The molecule has 0 atom stereocenters. The van der Waals surface area contributed by atoms with Crippen molar-refractivity contribution in [3.8, 4) is 0 Å². The Morgan fingerprint density at radius 1 is 0.800 bits per heavy atom. The number of allylic oxidation sites excluding steroid dienone is 2. The van der Waals surface area contributed by atoms with Gasteiger partial charge in [0.05, 0.1) is 0 Å². The Labute approximate surface area is 158 Å². The summed E-state index contributed by atoms with van der Waals surface area (Å²) in [4.78, 5) is 10.5. The molecular formula is C22H45NO2. The van der Waals surface area contributed by atoms with Gasteiger partial charge in [0.15, 0.2) is 0 Å². The maximum atomic E-state index is 10.5. The van der Waals surface area contributed by atoms with Gasteiger partial charge in [-0.3, -0.25) is 0 Å². The van der Waals surface area contributed by atoms with E-state index >= 15 is 0 Å². The zero-order valence-electron chi connectivity index (χ0n) is 18.0. The summed E-state index contributed by atoms with van der Waals surface area (Å²) in [6.45, 7) is 10.0. The lowest BCUT2D eigenvalue weighted by molar-refractivity contribution is 0.0541. The number of carbonyl (C=O) groups excluding carboxylic acids is 1. The molecule has 0 fully saturated rings. The van der Waals surface area contributed by atoms with Crippen molar-refractivity contribution in [2.45, 2.75) is 117 Å². The number of alkyl carbamates (subject to hydrolysis) is 1. The number of nitrogens with one attached hydrogen (secondary N) is 1. The van der Waals surface area contributed by atoms with Crippen LogP contribution in [-0.2, 0) is 4.74 Å². The second kappa shape index (κ2) is 19.3. The van der Waals surface area contributed by atoms with Crippen LogP contribution in [0, 0.1) is 0 Å². The van der Waals surface area contributed by atoms with Crippen molar-refractivity contribution in [1.82, 2.24) is 5.32 Å². The fourth-order valence-electron chi connectivity index (χ4n) is 2.30. The first-order valence-electron chi connectivity index (χ1n) is 10.4. The lowest BCUT2D eigenvalue weighted by Gasteiger charge is -2.18. The van der Waals surface area contributed by atoms with Crippen molar-refractivity contribution in [3.05, 3.63) is 12.2 Å². The SMILES string of the molecule is CCCCCCC/C=C\CCCCCCC.CNC(=O)OC(C)(C)C. The van der Waals surface area contributed by atoms with Crippen LogP contribution in [0.2, 0.25) is 0 Å². The summed E-state index contributed by atoms with van der Waals surface area (Å²) in [5, 5.41) is 2.36. The predicted molar refractivity (Wildman–Crippen MR) is 111 cm³/mol. The Balaban J connectivity index is 0. The van der Waals surface area contributed by atoms with Crippen LogP contribution in [0.1, 0.15) is 112 Å². The molecule has 0 unspecified atom stereocenters. The topological polar surface area (TPSA) is 38.3 Å². The van der Waals surface area contributed by atoms with Gasteiger partial charge in [0, 0.05) is 7.05 Å². The zero-order chi connectivity index (χ0) is 19.4. The molecule has 0 aliphatic carbocycles. The lowest BCUT2D eigenvalue weighted by Crippen LogP contribution is -2.30. The molecule has 0 saturated heterocycles. The highest BCUT2D eigenvalue weighted by Gasteiger charge is 2.13. The van der Waals surface area contributed by atoms with Gasteiger partial charge >= 0.3 is 6.09 Å². The highest BCUT2D eigenvalue weighted by atomic mass is 16.6. The van der Waals surface area contributed by atoms with E-state index in [1.165, 1.54) is 84.1 Å². The van der Waals surface area contributed by atoms with E-state index in [-0.39, 0.29) is 11.7 Å². The molecular weight excluding hydrogens is 310 g/mol. The average Bonchev–Trinajstić information content (AvgIpc) is 2.55. The van der Waals surface area contributed by atoms with Crippen LogP contribution in [0.4, 0.5) is 4.79 Å². The molecule has 0 aromatic heterocycles. The van der Waals surface area contributed by atoms with Crippen molar-refractivity contribution in [1.29, 1.82) is 0 Å². The molecule has 3 heteroatoms. The molecule has 25 heavy (non-hydrogen) atoms. The molecule has 0 heterocycles. The molecule has 0 aromatic rings. The monoisotopic (exact) mass is 355 g/mol. The van der Waals surface area contributed by atoms with E-state index in [2.05, 4.69) is 31.3 Å². The summed E-state index contributed by atoms with van der Waals surface area (Å²) in [6, 6.07) is 0. The third kappa shape index (κ3) is 28.1. The maximum Gasteiger partial charge on any atom is 0.407 e. The predicted octanol–water partition coefficient (Wildman–Crippen LogP) is 7.40. The number of unbranched alkanes of at least 4 members (excludes halogenated alkanes) is 10. The van der Waals surface area contributed by atoms with E-state index in [0.29, 0.717) is 0 Å². The number of hydrogen-bond donors (Lipinski definition) is 1. The summed E-state index contributed by atoms with van der Waals surface area (Å²) in [7, 11) is 1.54. The Kier molecular flexibility index (Phi) is 20.3. The number of ether oxygens (including phenoxy) is 1. The van der Waals surface area contributed by atoms with Gasteiger partial charge < -0.3 is 10.1 Å². The minimum Gasteiger partial charge on any atom is -0.444 e. The van der Waals surface area contributed by atoms with Crippen LogP contribution < -0.4 is 5.32 Å². The minimum absolute atomic E-state index is 0.387. The van der Waals surface area contributed by atoms with Crippen molar-refractivity contribution in [2.24, 2.45) is 0 Å². The molecule has 150 valence electrons. The van der Waals surface area contributed by atoms with Crippen molar-refractivity contribution < 1.29 is 9.53 Å². The van der Waals surface area contributed by atoms with Gasteiger partial charge in [0.1, 0.15) is 5.60 Å². The number of carbonyl (C=O) groups is 1. The molecule has 0 spiro atoms. The molecule has 0 aliphatic rings. The third-order valence-corrected chi connectivity index (χ3v) is 3.72. The van der Waals surface area contributed by atoms with Gasteiger partial charge in [-0.2, -0.15) is 0 Å². The van der Waals surface area contributed by atoms with Gasteiger partial charge in [-0.1, -0.05) is 77.4 Å². The quantitative estimate of drug-likeness (QED) is 0.292. The number of hydrogen-bond acceptors (Lipinski definition) is 2. The Bertz CT molecular complexity index is 290. The maximum absolute atomic E-state index is 10.5. The summed E-state index contributed by atoms with van der Waals surface area (Å²) < 4.78 is 4.84. The van der Waals surface area contributed by atoms with Gasteiger partial charge in [0.2, 0.25) is 0 Å². The van der Waals surface area contributed by atoms with Crippen LogP contribution in [0.15, 0.2) is 12.2 Å². The van der Waals surface area contributed by atoms with Crippen molar-refractivity contribution in [3.63, 3.8) is 0 Å². The Morgan fingerprint density at radius 3 is 1.48 bits per heavy atom. The second-order valence-corrected chi connectivity index (χ2v) is 7.63. The summed E-state index contributed by atoms with van der Waals surface area (Å²) >= 11 is 0. The summed E-state index contributed by atoms with van der Waals surface area (Å²) in [5.74, 6) is 0. The zero-order valence-corrected chi connectivity index (χ0v) is 18.0. The molecule has 0 rings (SSSR count). The largest absolute Gasteiger partial charge is 0.444 e. The first kappa shape index (κ1) is 26.2. The second-order valence-electron chi connectivity index (χ2n) is 7.63. The van der Waals surface area contributed by atoms with Crippen LogP contribution in [0.5, 0.6) is 0 Å². The smallest absolute Gasteiger partial charge is 0.407 e. The van der Waals surface area contributed by atoms with E-state index in [1.807, 2.05) is 20.8 Å². The molecule has 1 amide bonds. The molecule has 0 saturated carbocycles. The highest BCUT2D eigenvalue weighted by Crippen LogP contribution is 2.08. The van der Waals surface area contributed by atoms with Crippen LogP contribution in [0.25, 0.3) is 0 Å². The molecule has 0 bridgehead atoms. The first-order chi connectivity index (χ1) is 11.9. The van der Waals surface area contributed by atoms with E-state index in [1.54, 1.807) is 0 Å². The molecule has 0 aliphatic heterocycles. The van der Waals surface area contributed by atoms with E-state index in [9.17, 15) is 4.79 Å². The molecule has 1 N–H and O–H groups in total. The summed E-state index contributed by atoms with van der Waals surface area (Å²) in [5.41, 5.74) is -0.389. The first-order valence-corrected chi connectivity index (χ1v) is 10.4. The summed E-state index contributed by atoms with van der Waals surface area (Å²) in [6.07, 6.45) is 21.1. The number of amides is 1. The third-order valence-electron chi connectivity index (χ3n) is 3.72. The van der Waals surface area contributed by atoms with E-state index in [4.69, 9.17) is 4.74 Å². The van der Waals surface area contributed by atoms with Crippen LogP contribution in [0.3, 0.4) is 0 Å². The Hall–Kier alpha value is -0.990.